The van der Waals surface area contributed by atoms with Crippen molar-refractivity contribution in [2.75, 3.05) is 0 Å². The Morgan fingerprint density at radius 2 is 2.00 bits per heavy atom. The number of hydrogen-bond acceptors (Lipinski definition) is 4. The second kappa shape index (κ2) is 11.3. The summed E-state index contributed by atoms with van der Waals surface area (Å²) in [6.45, 7) is 3.87. The van der Waals surface area contributed by atoms with E-state index in [2.05, 4.69) is 6.92 Å². The number of carbonyl (C=O) groups is 2. The van der Waals surface area contributed by atoms with E-state index in [4.69, 9.17) is 5.11 Å². The van der Waals surface area contributed by atoms with Gasteiger partial charge in [-0.05, 0) is 32.6 Å². The molecule has 0 radical (unpaired) electrons. The number of carboxylic acids is 1. The first-order valence-corrected chi connectivity index (χ1v) is 9.76. The van der Waals surface area contributed by atoms with Gasteiger partial charge in [0.15, 0.2) is 0 Å². The van der Waals surface area contributed by atoms with Gasteiger partial charge >= 0.3 is 5.97 Å². The molecule has 0 aliphatic heterocycles. The van der Waals surface area contributed by atoms with Crippen molar-refractivity contribution < 1.29 is 24.9 Å². The maximum Gasteiger partial charge on any atom is 0.303 e. The third-order valence-corrected chi connectivity index (χ3v) is 5.02. The van der Waals surface area contributed by atoms with E-state index in [0.29, 0.717) is 25.7 Å². The van der Waals surface area contributed by atoms with Crippen LogP contribution in [0.25, 0.3) is 0 Å². The molecular formula is C21H34O5. The number of aliphatic carboxylic acids is 1. The number of Topliss-reactive ketones (excluding diaryl/α,β-unsaturated/α-hetero) is 1. The monoisotopic (exact) mass is 366 g/mol. The average molecular weight is 366 g/mol. The summed E-state index contributed by atoms with van der Waals surface area (Å²) in [7, 11) is 0. The number of aliphatic hydroxyl groups is 2. The van der Waals surface area contributed by atoms with E-state index in [1.807, 2.05) is 12.2 Å². The lowest BCUT2D eigenvalue weighted by molar-refractivity contribution is -0.137. The Hall–Kier alpha value is -1.46. The first-order valence-electron chi connectivity index (χ1n) is 9.76. The molecule has 0 saturated heterocycles. The van der Waals surface area contributed by atoms with Crippen LogP contribution in [0.2, 0.25) is 0 Å². The quantitative estimate of drug-likeness (QED) is 0.362. The molecule has 0 bridgehead atoms. The van der Waals surface area contributed by atoms with Crippen LogP contribution in [0.4, 0.5) is 0 Å². The third kappa shape index (κ3) is 8.28. The van der Waals surface area contributed by atoms with Crippen molar-refractivity contribution in [3.8, 4) is 0 Å². The zero-order valence-corrected chi connectivity index (χ0v) is 16.1. The van der Waals surface area contributed by atoms with Gasteiger partial charge in [-0.2, -0.15) is 0 Å². The van der Waals surface area contributed by atoms with Gasteiger partial charge in [-0.15, -0.1) is 0 Å². The zero-order chi connectivity index (χ0) is 19.6. The summed E-state index contributed by atoms with van der Waals surface area (Å²) in [6.07, 6.45) is 12.6. The second-order valence-electron chi connectivity index (χ2n) is 7.59. The molecule has 0 aromatic rings. The van der Waals surface area contributed by atoms with Crippen LogP contribution in [0.1, 0.15) is 71.6 Å². The highest BCUT2D eigenvalue weighted by Gasteiger charge is 2.39. The minimum absolute atomic E-state index is 0.0161. The van der Waals surface area contributed by atoms with Crippen LogP contribution >= 0.6 is 0 Å². The smallest absolute Gasteiger partial charge is 0.303 e. The van der Waals surface area contributed by atoms with Gasteiger partial charge in [-0.1, -0.05) is 50.5 Å². The van der Waals surface area contributed by atoms with Crippen LogP contribution in [0.5, 0.6) is 0 Å². The predicted octanol–water partition coefficient (Wildman–Crippen LogP) is 3.64. The van der Waals surface area contributed by atoms with Crippen LogP contribution < -0.4 is 0 Å². The van der Waals surface area contributed by atoms with E-state index in [1.54, 1.807) is 19.1 Å². The normalized spacial score (nSPS) is 26.0. The lowest BCUT2D eigenvalue weighted by Crippen LogP contribution is -2.23. The Morgan fingerprint density at radius 1 is 1.27 bits per heavy atom. The molecule has 3 N–H and O–H groups in total. The van der Waals surface area contributed by atoms with Crippen molar-refractivity contribution in [1.29, 1.82) is 0 Å². The molecule has 5 nitrogen and oxygen atoms in total. The van der Waals surface area contributed by atoms with Crippen molar-refractivity contribution in [1.82, 2.24) is 0 Å². The molecular weight excluding hydrogens is 332 g/mol. The molecule has 0 heterocycles. The predicted molar refractivity (Wildman–Crippen MR) is 102 cm³/mol. The molecule has 4 atom stereocenters. The third-order valence-electron chi connectivity index (χ3n) is 5.02. The molecule has 0 spiro atoms. The van der Waals surface area contributed by atoms with Crippen molar-refractivity contribution in [3.05, 3.63) is 24.3 Å². The summed E-state index contributed by atoms with van der Waals surface area (Å²) in [6, 6.07) is 0. The molecule has 0 aromatic carbocycles. The van der Waals surface area contributed by atoms with Crippen molar-refractivity contribution in [2.24, 2.45) is 11.8 Å². The Morgan fingerprint density at radius 3 is 2.65 bits per heavy atom. The Labute approximate surface area is 156 Å². The first-order chi connectivity index (χ1) is 12.3. The fourth-order valence-electron chi connectivity index (χ4n) is 3.39. The van der Waals surface area contributed by atoms with Gasteiger partial charge in [0.2, 0.25) is 0 Å². The molecule has 148 valence electrons. The summed E-state index contributed by atoms with van der Waals surface area (Å²) in [5.74, 6) is -1.33. The highest BCUT2D eigenvalue weighted by molar-refractivity contribution is 5.86. The number of ketones is 1. The zero-order valence-electron chi connectivity index (χ0n) is 16.1. The lowest BCUT2D eigenvalue weighted by Gasteiger charge is -2.21. The van der Waals surface area contributed by atoms with Crippen molar-refractivity contribution >= 4 is 11.8 Å². The molecule has 1 saturated carbocycles. The number of aliphatic hydroxyl groups excluding tert-OH is 1. The van der Waals surface area contributed by atoms with Crippen molar-refractivity contribution in [3.63, 3.8) is 0 Å². The lowest BCUT2D eigenvalue weighted by atomic mass is 9.88. The number of carbonyl (C=O) groups excluding carboxylic acids is 1. The molecule has 0 aromatic heterocycles. The summed E-state index contributed by atoms with van der Waals surface area (Å²) in [5.41, 5.74) is -0.930. The van der Waals surface area contributed by atoms with Crippen LogP contribution in [0.3, 0.4) is 0 Å². The molecule has 4 unspecified atom stereocenters. The second-order valence-corrected chi connectivity index (χ2v) is 7.59. The van der Waals surface area contributed by atoms with Gasteiger partial charge < -0.3 is 15.3 Å². The SMILES string of the molecule is CCCCCC(C)(O)/C=C/C1C(=O)CC(O)C1C/C=C/CCCC(=O)O. The molecule has 26 heavy (non-hydrogen) atoms. The van der Waals surface area contributed by atoms with Crippen LogP contribution in [0.15, 0.2) is 24.3 Å². The van der Waals surface area contributed by atoms with E-state index < -0.39 is 17.7 Å². The summed E-state index contributed by atoms with van der Waals surface area (Å²) in [4.78, 5) is 22.7. The van der Waals surface area contributed by atoms with Gasteiger partial charge in [-0.3, -0.25) is 9.59 Å². The van der Waals surface area contributed by atoms with Gasteiger partial charge in [0.25, 0.3) is 0 Å². The minimum Gasteiger partial charge on any atom is -0.481 e. The summed E-state index contributed by atoms with van der Waals surface area (Å²) in [5, 5.41) is 29.2. The molecule has 1 aliphatic carbocycles. The number of carboxylic acid groups (broad SMARTS) is 1. The van der Waals surface area contributed by atoms with E-state index in [-0.39, 0.29) is 30.5 Å². The maximum absolute atomic E-state index is 12.2. The Bertz CT molecular complexity index is 507. The van der Waals surface area contributed by atoms with Crippen LogP contribution in [0, 0.1) is 11.8 Å². The van der Waals surface area contributed by atoms with Crippen molar-refractivity contribution in [2.45, 2.75) is 83.3 Å². The highest BCUT2D eigenvalue weighted by Crippen LogP contribution is 2.34. The maximum atomic E-state index is 12.2. The fourth-order valence-corrected chi connectivity index (χ4v) is 3.39. The molecule has 1 fully saturated rings. The summed E-state index contributed by atoms with van der Waals surface area (Å²) < 4.78 is 0. The largest absolute Gasteiger partial charge is 0.481 e. The highest BCUT2D eigenvalue weighted by atomic mass is 16.4. The molecule has 0 amide bonds. The van der Waals surface area contributed by atoms with Gasteiger partial charge in [0.05, 0.1) is 11.7 Å². The van der Waals surface area contributed by atoms with Crippen LogP contribution in [-0.4, -0.2) is 38.8 Å². The number of allylic oxidation sites excluding steroid dienone is 3. The summed E-state index contributed by atoms with van der Waals surface area (Å²) >= 11 is 0. The van der Waals surface area contributed by atoms with Gasteiger partial charge in [0, 0.05) is 24.7 Å². The van der Waals surface area contributed by atoms with E-state index in [0.717, 1.165) is 19.3 Å². The minimum atomic E-state index is -0.930. The molecule has 1 rings (SSSR count). The fraction of sp³-hybridized carbons (Fsp3) is 0.714. The topological polar surface area (TPSA) is 94.8 Å². The first kappa shape index (κ1) is 22.6. The Kier molecular flexibility index (Phi) is 9.81. The average Bonchev–Trinajstić information content (AvgIpc) is 2.82. The van der Waals surface area contributed by atoms with E-state index >= 15 is 0 Å². The number of unbranched alkanes of at least 4 members (excludes halogenated alkanes) is 3. The molecule has 1 aliphatic rings. The number of hydrogen-bond donors (Lipinski definition) is 3. The van der Waals surface area contributed by atoms with Gasteiger partial charge in [0.1, 0.15) is 5.78 Å². The molecule has 5 heteroatoms. The Balaban J connectivity index is 2.58. The van der Waals surface area contributed by atoms with E-state index in [1.165, 1.54) is 0 Å². The number of rotatable bonds is 12. The van der Waals surface area contributed by atoms with E-state index in [9.17, 15) is 19.8 Å². The van der Waals surface area contributed by atoms with Crippen LogP contribution in [-0.2, 0) is 9.59 Å². The van der Waals surface area contributed by atoms with Gasteiger partial charge in [-0.25, -0.2) is 0 Å². The standard InChI is InChI=1S/C21H34O5/c1-3-4-9-13-21(2,26)14-12-17-16(18(22)15-19(17)23)10-7-5-6-8-11-20(24)25/h5,7,12,14,16-18,22,26H,3-4,6,8-11,13,15H2,1-2H3,(H,24,25)/b7-5+,14-12+.